The zero-order chi connectivity index (χ0) is 14.3. The van der Waals surface area contributed by atoms with Crippen molar-refractivity contribution in [3.8, 4) is 5.69 Å². The number of rotatable bonds is 2. The highest BCUT2D eigenvalue weighted by Crippen LogP contribution is 2.28. The number of hydrogen-bond acceptors (Lipinski definition) is 2. The molecule has 2 heterocycles. The van der Waals surface area contributed by atoms with Crippen molar-refractivity contribution in [1.82, 2.24) is 14.5 Å². The standard InChI is InChI=1S/C16H16ClN3/c1-10-5-4-6-13(9-10)20-15(12(3)17)19-14-11(2)7-8-18-16(14)20/h4-9,12H,1-3H3. The average Bonchev–Trinajstić information content (AvgIpc) is 2.80. The van der Waals surface area contributed by atoms with Gasteiger partial charge >= 0.3 is 0 Å². The minimum atomic E-state index is -0.177. The van der Waals surface area contributed by atoms with Gasteiger partial charge in [-0.1, -0.05) is 12.1 Å². The Morgan fingerprint density at radius 1 is 1.20 bits per heavy atom. The van der Waals surface area contributed by atoms with Gasteiger partial charge in [0.2, 0.25) is 0 Å². The lowest BCUT2D eigenvalue weighted by atomic mass is 10.2. The molecule has 0 aliphatic heterocycles. The number of fused-ring (bicyclic) bond motifs is 1. The second-order valence-corrected chi connectivity index (χ2v) is 5.72. The summed E-state index contributed by atoms with van der Waals surface area (Å²) in [4.78, 5) is 9.18. The Morgan fingerprint density at radius 2 is 2.00 bits per heavy atom. The Kier molecular flexibility index (Phi) is 3.22. The van der Waals surface area contributed by atoms with Crippen LogP contribution in [-0.2, 0) is 0 Å². The molecule has 3 aromatic rings. The second-order valence-electron chi connectivity index (χ2n) is 5.06. The van der Waals surface area contributed by atoms with Crippen LogP contribution in [0, 0.1) is 13.8 Å². The van der Waals surface area contributed by atoms with Gasteiger partial charge in [0.25, 0.3) is 0 Å². The van der Waals surface area contributed by atoms with Crippen LogP contribution in [0.1, 0.15) is 29.3 Å². The summed E-state index contributed by atoms with van der Waals surface area (Å²) in [6.07, 6.45) is 1.81. The van der Waals surface area contributed by atoms with Crippen molar-refractivity contribution in [1.29, 1.82) is 0 Å². The Labute approximate surface area is 123 Å². The molecule has 0 N–H and O–H groups in total. The number of hydrogen-bond donors (Lipinski definition) is 0. The lowest BCUT2D eigenvalue weighted by molar-refractivity contribution is 0.876. The quantitative estimate of drug-likeness (QED) is 0.656. The molecule has 0 spiro atoms. The van der Waals surface area contributed by atoms with E-state index in [1.165, 1.54) is 5.56 Å². The molecule has 4 heteroatoms. The largest absolute Gasteiger partial charge is 0.279 e. The zero-order valence-corrected chi connectivity index (χ0v) is 12.5. The van der Waals surface area contributed by atoms with Crippen LogP contribution < -0.4 is 0 Å². The van der Waals surface area contributed by atoms with Crippen LogP contribution in [0.25, 0.3) is 16.9 Å². The Hall–Kier alpha value is -1.87. The van der Waals surface area contributed by atoms with Crippen molar-refractivity contribution in [3.63, 3.8) is 0 Å². The SMILES string of the molecule is Cc1cccc(-n2c(C(C)Cl)nc3c(C)ccnc32)c1. The molecule has 0 radical (unpaired) electrons. The lowest BCUT2D eigenvalue weighted by Gasteiger charge is -2.10. The Morgan fingerprint density at radius 3 is 2.70 bits per heavy atom. The van der Waals surface area contributed by atoms with E-state index in [1.807, 2.05) is 36.7 Å². The van der Waals surface area contributed by atoms with Gasteiger partial charge in [0.1, 0.15) is 11.3 Å². The van der Waals surface area contributed by atoms with Crippen molar-refractivity contribution < 1.29 is 0 Å². The molecule has 1 unspecified atom stereocenters. The van der Waals surface area contributed by atoms with E-state index in [4.69, 9.17) is 11.6 Å². The highest BCUT2D eigenvalue weighted by Gasteiger charge is 2.18. The maximum atomic E-state index is 6.31. The van der Waals surface area contributed by atoms with Crippen molar-refractivity contribution in [2.45, 2.75) is 26.1 Å². The first kappa shape index (κ1) is 13.1. The predicted octanol–water partition coefficient (Wildman–Crippen LogP) is 4.34. The number of aryl methyl sites for hydroxylation is 2. The maximum Gasteiger partial charge on any atom is 0.164 e. The molecule has 20 heavy (non-hydrogen) atoms. The third kappa shape index (κ3) is 2.08. The molecule has 0 saturated heterocycles. The number of halogens is 1. The molecule has 1 atom stereocenters. The molecule has 0 aliphatic rings. The Bertz CT molecular complexity index is 774. The predicted molar refractivity (Wildman–Crippen MR) is 82.6 cm³/mol. The van der Waals surface area contributed by atoms with Crippen LogP contribution >= 0.6 is 11.6 Å². The number of aromatic nitrogens is 3. The van der Waals surface area contributed by atoms with Crippen molar-refractivity contribution in [2.75, 3.05) is 0 Å². The van der Waals surface area contributed by atoms with Gasteiger partial charge in [-0.05, 0) is 50.1 Å². The summed E-state index contributed by atoms with van der Waals surface area (Å²) in [5.41, 5.74) is 5.13. The number of pyridine rings is 1. The molecule has 0 saturated carbocycles. The number of benzene rings is 1. The number of nitrogens with zero attached hydrogens (tertiary/aromatic N) is 3. The second kappa shape index (κ2) is 4.91. The van der Waals surface area contributed by atoms with E-state index in [0.29, 0.717) is 0 Å². The van der Waals surface area contributed by atoms with E-state index in [0.717, 1.165) is 28.2 Å². The normalized spacial score (nSPS) is 12.8. The van der Waals surface area contributed by atoms with Crippen molar-refractivity contribution in [2.24, 2.45) is 0 Å². The fourth-order valence-corrected chi connectivity index (χ4v) is 2.55. The minimum absolute atomic E-state index is 0.177. The molecule has 2 aromatic heterocycles. The molecule has 3 rings (SSSR count). The summed E-state index contributed by atoms with van der Waals surface area (Å²) in [6, 6.07) is 10.3. The molecule has 102 valence electrons. The smallest absolute Gasteiger partial charge is 0.164 e. The van der Waals surface area contributed by atoms with E-state index in [2.05, 4.69) is 35.1 Å². The van der Waals surface area contributed by atoms with Gasteiger partial charge in [-0.3, -0.25) is 4.57 Å². The van der Waals surface area contributed by atoms with E-state index < -0.39 is 0 Å². The first-order chi connectivity index (χ1) is 9.58. The third-order valence-electron chi connectivity index (χ3n) is 3.39. The van der Waals surface area contributed by atoms with Gasteiger partial charge in [0.15, 0.2) is 5.65 Å². The lowest BCUT2D eigenvalue weighted by Crippen LogP contribution is -2.02. The summed E-state index contributed by atoms with van der Waals surface area (Å²) >= 11 is 6.31. The first-order valence-corrected chi connectivity index (χ1v) is 7.06. The van der Waals surface area contributed by atoms with E-state index in [1.54, 1.807) is 0 Å². The maximum absolute atomic E-state index is 6.31. The van der Waals surface area contributed by atoms with Crippen LogP contribution in [0.15, 0.2) is 36.5 Å². The van der Waals surface area contributed by atoms with Gasteiger partial charge in [0.05, 0.1) is 5.38 Å². The summed E-state index contributed by atoms with van der Waals surface area (Å²) in [6.45, 7) is 6.05. The van der Waals surface area contributed by atoms with Gasteiger partial charge in [-0.15, -0.1) is 11.6 Å². The van der Waals surface area contributed by atoms with Gasteiger partial charge < -0.3 is 0 Å². The molecule has 1 aromatic carbocycles. The molecular formula is C16H16ClN3. The summed E-state index contributed by atoms with van der Waals surface area (Å²) < 4.78 is 2.05. The molecule has 0 aliphatic carbocycles. The third-order valence-corrected chi connectivity index (χ3v) is 3.58. The topological polar surface area (TPSA) is 30.7 Å². The first-order valence-electron chi connectivity index (χ1n) is 6.63. The molecular weight excluding hydrogens is 270 g/mol. The van der Waals surface area contributed by atoms with E-state index in [9.17, 15) is 0 Å². The minimum Gasteiger partial charge on any atom is -0.279 e. The number of alkyl halides is 1. The van der Waals surface area contributed by atoms with Crippen LogP contribution in [0.4, 0.5) is 0 Å². The molecule has 0 fully saturated rings. The molecule has 0 bridgehead atoms. The van der Waals surface area contributed by atoms with Gasteiger partial charge in [0, 0.05) is 11.9 Å². The molecule has 3 nitrogen and oxygen atoms in total. The van der Waals surface area contributed by atoms with E-state index in [-0.39, 0.29) is 5.38 Å². The van der Waals surface area contributed by atoms with Crippen LogP contribution in [0.2, 0.25) is 0 Å². The summed E-state index contributed by atoms with van der Waals surface area (Å²) in [5.74, 6) is 0.828. The fourth-order valence-electron chi connectivity index (χ4n) is 2.40. The fraction of sp³-hybridized carbons (Fsp3) is 0.250. The van der Waals surface area contributed by atoms with E-state index >= 15 is 0 Å². The molecule has 0 amide bonds. The van der Waals surface area contributed by atoms with Crippen molar-refractivity contribution >= 4 is 22.8 Å². The zero-order valence-electron chi connectivity index (χ0n) is 11.8. The van der Waals surface area contributed by atoms with Gasteiger partial charge in [-0.2, -0.15) is 0 Å². The van der Waals surface area contributed by atoms with Crippen LogP contribution in [0.5, 0.6) is 0 Å². The summed E-state index contributed by atoms with van der Waals surface area (Å²) in [5, 5.41) is -0.177. The Balaban J connectivity index is 2.38. The van der Waals surface area contributed by atoms with Crippen molar-refractivity contribution in [3.05, 3.63) is 53.5 Å². The van der Waals surface area contributed by atoms with Crippen LogP contribution in [-0.4, -0.2) is 14.5 Å². The summed E-state index contributed by atoms with van der Waals surface area (Å²) in [7, 11) is 0. The number of imidazole rings is 1. The van der Waals surface area contributed by atoms with Crippen LogP contribution in [0.3, 0.4) is 0 Å². The highest BCUT2D eigenvalue weighted by molar-refractivity contribution is 6.20. The monoisotopic (exact) mass is 285 g/mol. The highest BCUT2D eigenvalue weighted by atomic mass is 35.5. The van der Waals surface area contributed by atoms with Gasteiger partial charge in [-0.25, -0.2) is 9.97 Å². The average molecular weight is 286 g/mol.